The first-order valence-electron chi connectivity index (χ1n) is 6.67. The molecule has 1 nitrogen and oxygen atoms in total. The van der Waals surface area contributed by atoms with Crippen molar-refractivity contribution in [2.24, 2.45) is 17.6 Å². The van der Waals surface area contributed by atoms with Crippen LogP contribution in [0.5, 0.6) is 0 Å². The van der Waals surface area contributed by atoms with Gasteiger partial charge in [0, 0.05) is 11.1 Å². The van der Waals surface area contributed by atoms with Crippen LogP contribution in [-0.4, -0.2) is 6.04 Å². The lowest BCUT2D eigenvalue weighted by Crippen LogP contribution is -2.33. The maximum absolute atomic E-state index is 6.17. The Morgan fingerprint density at radius 3 is 2.35 bits per heavy atom. The third-order valence-corrected chi connectivity index (χ3v) is 4.32. The molecule has 1 fully saturated rings. The fourth-order valence-corrected chi connectivity index (χ4v) is 3.19. The van der Waals surface area contributed by atoms with Crippen molar-refractivity contribution in [3.05, 3.63) is 34.9 Å². The molecule has 1 aliphatic rings. The minimum atomic E-state index is 0.286. The lowest BCUT2D eigenvalue weighted by Gasteiger charge is -2.27. The van der Waals surface area contributed by atoms with E-state index >= 15 is 0 Å². The highest BCUT2D eigenvalue weighted by molar-refractivity contribution is 6.30. The van der Waals surface area contributed by atoms with E-state index in [1.54, 1.807) is 0 Å². The van der Waals surface area contributed by atoms with Crippen molar-refractivity contribution in [1.29, 1.82) is 0 Å². The molecule has 2 heteroatoms. The van der Waals surface area contributed by atoms with E-state index in [9.17, 15) is 0 Å². The summed E-state index contributed by atoms with van der Waals surface area (Å²) in [5.74, 6) is 1.45. The molecule has 0 amide bonds. The number of benzene rings is 1. The Labute approximate surface area is 109 Å². The Bertz CT molecular complexity index is 338. The summed E-state index contributed by atoms with van der Waals surface area (Å²) in [6, 6.07) is 8.50. The van der Waals surface area contributed by atoms with Crippen LogP contribution < -0.4 is 5.73 Å². The van der Waals surface area contributed by atoms with Gasteiger partial charge < -0.3 is 5.73 Å². The number of hydrogen-bond donors (Lipinski definition) is 1. The Morgan fingerprint density at radius 1 is 1.24 bits per heavy atom. The molecule has 0 saturated heterocycles. The van der Waals surface area contributed by atoms with Gasteiger partial charge in [-0.25, -0.2) is 0 Å². The number of hydrogen-bond acceptors (Lipinski definition) is 1. The Hall–Kier alpha value is -0.530. The van der Waals surface area contributed by atoms with Crippen LogP contribution in [0.15, 0.2) is 24.3 Å². The van der Waals surface area contributed by atoms with E-state index in [1.165, 1.54) is 31.2 Å². The van der Waals surface area contributed by atoms with Gasteiger partial charge in [0.1, 0.15) is 0 Å². The monoisotopic (exact) mass is 251 g/mol. The maximum atomic E-state index is 6.17. The lowest BCUT2D eigenvalue weighted by molar-refractivity contribution is 0.293. The maximum Gasteiger partial charge on any atom is 0.0406 e. The average Bonchev–Trinajstić information content (AvgIpc) is 2.81. The summed E-state index contributed by atoms with van der Waals surface area (Å²) in [6.07, 6.45) is 6.59. The van der Waals surface area contributed by atoms with Gasteiger partial charge >= 0.3 is 0 Å². The van der Waals surface area contributed by atoms with E-state index in [2.05, 4.69) is 19.1 Å². The Balaban J connectivity index is 2.04. The normalized spacial score (nSPS) is 20.4. The molecular formula is C15H22ClN. The number of nitrogens with two attached hydrogens (primary N) is 1. The van der Waals surface area contributed by atoms with Crippen LogP contribution in [0.25, 0.3) is 0 Å². The molecule has 0 bridgehead atoms. The zero-order chi connectivity index (χ0) is 12.3. The molecule has 0 aliphatic heterocycles. The fourth-order valence-electron chi connectivity index (χ4n) is 3.06. The molecule has 17 heavy (non-hydrogen) atoms. The summed E-state index contributed by atoms with van der Waals surface area (Å²) in [5, 5.41) is 0.812. The molecule has 0 spiro atoms. The van der Waals surface area contributed by atoms with E-state index in [0.717, 1.165) is 17.4 Å². The van der Waals surface area contributed by atoms with Crippen LogP contribution in [0.4, 0.5) is 0 Å². The molecule has 0 radical (unpaired) electrons. The molecule has 94 valence electrons. The summed E-state index contributed by atoms with van der Waals surface area (Å²) in [4.78, 5) is 0. The van der Waals surface area contributed by atoms with Crippen molar-refractivity contribution in [1.82, 2.24) is 0 Å². The predicted octanol–water partition coefficient (Wildman–Crippen LogP) is 4.04. The molecule has 0 heterocycles. The highest BCUT2D eigenvalue weighted by Crippen LogP contribution is 2.34. The van der Waals surface area contributed by atoms with Crippen molar-refractivity contribution in [2.75, 3.05) is 0 Å². The van der Waals surface area contributed by atoms with Gasteiger partial charge in [0.2, 0.25) is 0 Å². The van der Waals surface area contributed by atoms with Crippen molar-refractivity contribution in [3.63, 3.8) is 0 Å². The van der Waals surface area contributed by atoms with Gasteiger partial charge in [-0.3, -0.25) is 0 Å². The minimum Gasteiger partial charge on any atom is -0.328 e. The molecule has 1 saturated carbocycles. The molecule has 2 atom stereocenters. The van der Waals surface area contributed by atoms with E-state index in [0.29, 0.717) is 5.92 Å². The first-order valence-corrected chi connectivity index (χ1v) is 7.04. The van der Waals surface area contributed by atoms with E-state index < -0.39 is 0 Å². The Kier molecular flexibility index (Phi) is 4.47. The first-order chi connectivity index (χ1) is 8.16. The molecule has 1 aromatic carbocycles. The van der Waals surface area contributed by atoms with Crippen LogP contribution in [-0.2, 0) is 6.42 Å². The van der Waals surface area contributed by atoms with E-state index in [-0.39, 0.29) is 6.04 Å². The van der Waals surface area contributed by atoms with Crippen LogP contribution in [0.3, 0.4) is 0 Å². The molecule has 0 unspecified atom stereocenters. The van der Waals surface area contributed by atoms with Crippen molar-refractivity contribution < 1.29 is 0 Å². The third kappa shape index (κ3) is 3.46. The average molecular weight is 252 g/mol. The predicted molar refractivity (Wildman–Crippen MR) is 74.3 cm³/mol. The van der Waals surface area contributed by atoms with E-state index in [4.69, 9.17) is 17.3 Å². The second-order valence-corrected chi connectivity index (χ2v) is 5.83. The number of halogens is 1. The minimum absolute atomic E-state index is 0.286. The second-order valence-electron chi connectivity index (χ2n) is 5.40. The first kappa shape index (κ1) is 12.9. The van der Waals surface area contributed by atoms with Gasteiger partial charge in [-0.2, -0.15) is 0 Å². The quantitative estimate of drug-likeness (QED) is 0.859. The second kappa shape index (κ2) is 5.88. The SMILES string of the molecule is C[C@@H](N)[C@@H](Cc1ccc(Cl)cc1)C1CCCC1. The molecule has 2 N–H and O–H groups in total. The third-order valence-electron chi connectivity index (χ3n) is 4.07. The van der Waals surface area contributed by atoms with Gasteiger partial charge in [0.05, 0.1) is 0 Å². The van der Waals surface area contributed by atoms with Gasteiger partial charge in [-0.15, -0.1) is 0 Å². The zero-order valence-electron chi connectivity index (χ0n) is 10.5. The summed E-state index contributed by atoms with van der Waals surface area (Å²) in [7, 11) is 0. The van der Waals surface area contributed by atoms with Gasteiger partial charge in [-0.1, -0.05) is 49.4 Å². The van der Waals surface area contributed by atoms with Crippen LogP contribution in [0.1, 0.15) is 38.2 Å². The van der Waals surface area contributed by atoms with Gasteiger partial charge in [0.25, 0.3) is 0 Å². The smallest absolute Gasteiger partial charge is 0.0406 e. The van der Waals surface area contributed by atoms with Gasteiger partial charge in [0.15, 0.2) is 0 Å². The van der Waals surface area contributed by atoms with E-state index in [1.807, 2.05) is 12.1 Å². The molecular weight excluding hydrogens is 230 g/mol. The van der Waals surface area contributed by atoms with Crippen LogP contribution in [0, 0.1) is 11.8 Å². The topological polar surface area (TPSA) is 26.0 Å². The fraction of sp³-hybridized carbons (Fsp3) is 0.600. The van der Waals surface area contributed by atoms with Crippen LogP contribution in [0.2, 0.25) is 5.02 Å². The zero-order valence-corrected chi connectivity index (χ0v) is 11.3. The van der Waals surface area contributed by atoms with Crippen molar-refractivity contribution in [3.8, 4) is 0 Å². The van der Waals surface area contributed by atoms with Crippen LogP contribution >= 0.6 is 11.6 Å². The van der Waals surface area contributed by atoms with Gasteiger partial charge in [-0.05, 0) is 42.9 Å². The summed E-state index contributed by atoms with van der Waals surface area (Å²) in [5.41, 5.74) is 7.53. The highest BCUT2D eigenvalue weighted by atomic mass is 35.5. The molecule has 0 aromatic heterocycles. The summed E-state index contributed by atoms with van der Waals surface area (Å²) in [6.45, 7) is 2.15. The lowest BCUT2D eigenvalue weighted by atomic mass is 9.81. The largest absolute Gasteiger partial charge is 0.328 e. The van der Waals surface area contributed by atoms with Crippen molar-refractivity contribution in [2.45, 2.75) is 45.1 Å². The molecule has 2 rings (SSSR count). The highest BCUT2D eigenvalue weighted by Gasteiger charge is 2.27. The summed E-state index contributed by atoms with van der Waals surface area (Å²) < 4.78 is 0. The summed E-state index contributed by atoms with van der Waals surface area (Å²) >= 11 is 5.91. The Morgan fingerprint density at radius 2 is 1.82 bits per heavy atom. The van der Waals surface area contributed by atoms with Crippen molar-refractivity contribution >= 4 is 11.6 Å². The number of rotatable bonds is 4. The standard InChI is InChI=1S/C15H22ClN/c1-11(17)15(13-4-2-3-5-13)10-12-6-8-14(16)9-7-12/h6-9,11,13,15H,2-5,10,17H2,1H3/t11-,15-/m1/s1. The molecule has 1 aromatic rings. The molecule has 1 aliphatic carbocycles.